The third-order valence-corrected chi connectivity index (χ3v) is 7.41. The fourth-order valence-corrected chi connectivity index (χ4v) is 5.30. The summed E-state index contributed by atoms with van der Waals surface area (Å²) in [7, 11) is 1.51. The van der Waals surface area contributed by atoms with E-state index in [-0.39, 0.29) is 23.4 Å². The number of methoxy groups -OCH3 is 1. The maximum Gasteiger partial charge on any atom is 0.434 e. The second kappa shape index (κ2) is 10.9. The third kappa shape index (κ3) is 5.04. The molecule has 1 amide bonds. The van der Waals surface area contributed by atoms with Crippen LogP contribution in [0, 0.1) is 0 Å². The van der Waals surface area contributed by atoms with Gasteiger partial charge in [0.15, 0.2) is 11.5 Å². The summed E-state index contributed by atoms with van der Waals surface area (Å²) in [4.78, 5) is 34.8. The van der Waals surface area contributed by atoms with Crippen molar-refractivity contribution in [1.29, 1.82) is 0 Å². The van der Waals surface area contributed by atoms with Crippen LogP contribution in [0.2, 0.25) is 0 Å². The van der Waals surface area contributed by atoms with Gasteiger partial charge in [-0.15, -0.1) is 4.80 Å². The Balaban J connectivity index is 1.27. The van der Waals surface area contributed by atoms with Gasteiger partial charge in [0.25, 0.3) is 11.5 Å². The number of amides is 1. The predicted molar refractivity (Wildman–Crippen MR) is 154 cm³/mol. The zero-order valence-corrected chi connectivity index (χ0v) is 24.2. The Morgan fingerprint density at radius 2 is 1.62 bits per heavy atom. The second-order valence-corrected chi connectivity index (χ2v) is 10.3. The number of anilines is 1. The van der Waals surface area contributed by atoms with Gasteiger partial charge in [0.1, 0.15) is 17.0 Å². The third-order valence-electron chi connectivity index (χ3n) is 7.41. The molecule has 0 aliphatic carbocycles. The number of nitrogens with one attached hydrogen (secondary N) is 1. The number of aromatic nitrogens is 9. The van der Waals surface area contributed by atoms with E-state index in [0.717, 1.165) is 24.2 Å². The van der Waals surface area contributed by atoms with Crippen LogP contribution in [0.25, 0.3) is 28.3 Å². The van der Waals surface area contributed by atoms with Gasteiger partial charge >= 0.3 is 12.4 Å². The number of ether oxygens (including phenoxy) is 1. The molecule has 0 radical (unpaired) electrons. The van der Waals surface area contributed by atoms with Crippen molar-refractivity contribution in [2.24, 2.45) is 0 Å². The lowest BCUT2D eigenvalue weighted by Crippen LogP contribution is -2.21. The van der Waals surface area contributed by atoms with Crippen LogP contribution in [0.3, 0.4) is 0 Å². The van der Waals surface area contributed by atoms with Crippen molar-refractivity contribution in [2.75, 3.05) is 12.4 Å². The molecule has 1 aromatic carbocycles. The highest BCUT2D eigenvalue weighted by molar-refractivity contribution is 6.05. The van der Waals surface area contributed by atoms with Crippen molar-refractivity contribution in [3.8, 4) is 17.3 Å². The van der Waals surface area contributed by atoms with Crippen LogP contribution in [0.15, 0.2) is 78.2 Å². The SMILES string of the molecule is COc1ccc(Cn2c(=O)c3ncc4c(-n5ncc(C(=O)Nc6cnc(-n7nccn7)c(C(F)(F)F)c6)c5C(F)(F)F)ccc2n43)cc1. The van der Waals surface area contributed by atoms with E-state index in [4.69, 9.17) is 4.74 Å². The summed E-state index contributed by atoms with van der Waals surface area (Å²) in [6, 6.07) is 10.2. The number of rotatable bonds is 7. The van der Waals surface area contributed by atoms with Gasteiger partial charge in [-0.1, -0.05) is 12.1 Å². The molecule has 0 unspecified atom stereocenters. The number of hydrogen-bond donors (Lipinski definition) is 1. The summed E-state index contributed by atoms with van der Waals surface area (Å²) in [5.74, 6) is -1.50. The van der Waals surface area contributed by atoms with Crippen molar-refractivity contribution in [1.82, 2.24) is 43.7 Å². The molecule has 7 aromatic rings. The van der Waals surface area contributed by atoms with Crippen LogP contribution in [0.4, 0.5) is 32.0 Å². The van der Waals surface area contributed by atoms with E-state index < -0.39 is 52.1 Å². The number of carbonyl (C=O) groups is 1. The Labute approximate surface area is 263 Å². The van der Waals surface area contributed by atoms with Crippen molar-refractivity contribution in [2.45, 2.75) is 18.9 Å². The molecule has 0 bridgehead atoms. The molecular weight excluding hydrogens is 650 g/mol. The summed E-state index contributed by atoms with van der Waals surface area (Å²) in [6.45, 7) is 0.130. The lowest BCUT2D eigenvalue weighted by Gasteiger charge is -2.15. The van der Waals surface area contributed by atoms with Gasteiger partial charge in [-0.05, 0) is 35.9 Å². The number of imidazole rings is 2. The topological polar surface area (TPSA) is 139 Å². The van der Waals surface area contributed by atoms with E-state index in [2.05, 4.69) is 25.3 Å². The normalized spacial score (nSPS) is 12.3. The lowest BCUT2D eigenvalue weighted by atomic mass is 10.2. The van der Waals surface area contributed by atoms with E-state index in [1.54, 1.807) is 24.3 Å². The monoisotopic (exact) mass is 668 g/mol. The molecular formula is C29H18F6N10O3. The molecule has 6 aromatic heterocycles. The first-order valence-electron chi connectivity index (χ1n) is 13.7. The van der Waals surface area contributed by atoms with Gasteiger partial charge < -0.3 is 10.1 Å². The zero-order chi connectivity index (χ0) is 34.0. The number of halogens is 6. The molecule has 6 heterocycles. The van der Waals surface area contributed by atoms with Crippen LogP contribution in [0.5, 0.6) is 5.75 Å². The van der Waals surface area contributed by atoms with Crippen LogP contribution < -0.4 is 15.6 Å². The number of alkyl halides is 6. The van der Waals surface area contributed by atoms with Gasteiger partial charge in [0.05, 0.1) is 67.1 Å². The maximum absolute atomic E-state index is 14.6. The van der Waals surface area contributed by atoms with Crippen molar-refractivity contribution in [3.63, 3.8) is 0 Å². The predicted octanol–water partition coefficient (Wildman–Crippen LogP) is 4.60. The molecule has 1 N–H and O–H groups in total. The highest BCUT2D eigenvalue weighted by Gasteiger charge is 2.41. The minimum Gasteiger partial charge on any atom is -0.497 e. The molecule has 0 saturated heterocycles. The van der Waals surface area contributed by atoms with E-state index >= 15 is 0 Å². The highest BCUT2D eigenvalue weighted by Crippen LogP contribution is 2.37. The molecule has 48 heavy (non-hydrogen) atoms. The first-order chi connectivity index (χ1) is 22.8. The first-order valence-corrected chi connectivity index (χ1v) is 13.7. The minimum absolute atomic E-state index is 0.0456. The molecule has 0 aliphatic heterocycles. The number of pyridine rings is 2. The molecule has 7 rings (SSSR count). The molecule has 0 fully saturated rings. The minimum atomic E-state index is -5.16. The van der Waals surface area contributed by atoms with Gasteiger partial charge in [-0.2, -0.15) is 41.6 Å². The second-order valence-electron chi connectivity index (χ2n) is 10.3. The fourth-order valence-electron chi connectivity index (χ4n) is 5.30. The van der Waals surface area contributed by atoms with Crippen molar-refractivity contribution < 1.29 is 35.9 Å². The van der Waals surface area contributed by atoms with Gasteiger partial charge in [0.2, 0.25) is 5.65 Å². The number of carbonyl (C=O) groups excluding carboxylic acids is 1. The lowest BCUT2D eigenvalue weighted by molar-refractivity contribution is -0.143. The summed E-state index contributed by atoms with van der Waals surface area (Å²) in [6.07, 6.45) is -5.22. The van der Waals surface area contributed by atoms with Gasteiger partial charge in [0, 0.05) is 0 Å². The molecule has 13 nitrogen and oxygen atoms in total. The Morgan fingerprint density at radius 3 is 2.29 bits per heavy atom. The average molecular weight is 669 g/mol. The zero-order valence-electron chi connectivity index (χ0n) is 24.2. The van der Waals surface area contributed by atoms with Crippen LogP contribution in [-0.2, 0) is 18.9 Å². The smallest absolute Gasteiger partial charge is 0.434 e. The standard InChI is InChI=1S/C29H18F6N10O3/c1-48-17-4-2-15(3-5-17)14-42-22-7-6-20(21-13-37-25(27(42)47)43(21)22)44-23(29(33,34)35)18(12-40-44)26(46)41-16-10-19(28(30,31)32)24(36-11-16)45-38-8-9-39-45/h2-13H,14H2,1H3,(H,41,46). The van der Waals surface area contributed by atoms with E-state index in [1.807, 2.05) is 5.32 Å². The van der Waals surface area contributed by atoms with Crippen LogP contribution >= 0.6 is 0 Å². The Bertz CT molecular complexity index is 2360. The molecule has 19 heteroatoms. The van der Waals surface area contributed by atoms with E-state index in [0.29, 0.717) is 33.1 Å². The molecule has 0 aliphatic rings. The van der Waals surface area contributed by atoms with Crippen LogP contribution in [0.1, 0.15) is 27.2 Å². The van der Waals surface area contributed by atoms with Crippen LogP contribution in [-0.4, -0.2) is 56.7 Å². The maximum atomic E-state index is 14.6. The van der Waals surface area contributed by atoms with Gasteiger partial charge in [-0.3, -0.25) is 18.6 Å². The summed E-state index contributed by atoms with van der Waals surface area (Å²) in [5.41, 5.74) is -3.92. The summed E-state index contributed by atoms with van der Waals surface area (Å²) in [5, 5.41) is 13.1. The fraction of sp³-hybridized carbons (Fsp3) is 0.138. The van der Waals surface area contributed by atoms with E-state index in [9.17, 15) is 35.9 Å². The van der Waals surface area contributed by atoms with Gasteiger partial charge in [-0.25, -0.2) is 14.6 Å². The largest absolute Gasteiger partial charge is 0.497 e. The molecule has 0 spiro atoms. The van der Waals surface area contributed by atoms with E-state index in [1.165, 1.54) is 34.4 Å². The molecule has 0 atom stereocenters. The molecule has 0 saturated carbocycles. The first kappa shape index (κ1) is 30.4. The molecule has 244 valence electrons. The summed E-state index contributed by atoms with van der Waals surface area (Å²) < 4.78 is 93.6. The Hall–Kier alpha value is -6.27. The van der Waals surface area contributed by atoms with Crippen molar-refractivity contribution >= 4 is 28.4 Å². The number of hydrogen-bond acceptors (Lipinski definition) is 8. The highest BCUT2D eigenvalue weighted by atomic mass is 19.4. The average Bonchev–Trinajstić information content (AvgIpc) is 3.86. The Kier molecular flexibility index (Phi) is 6.91. The summed E-state index contributed by atoms with van der Waals surface area (Å²) >= 11 is 0. The van der Waals surface area contributed by atoms with Crippen molar-refractivity contribution in [3.05, 3.63) is 106 Å². The Morgan fingerprint density at radius 1 is 0.896 bits per heavy atom. The number of nitrogens with zero attached hydrogens (tertiary/aromatic N) is 9. The quantitative estimate of drug-likeness (QED) is 0.244. The number of benzene rings is 1.